The van der Waals surface area contributed by atoms with Gasteiger partial charge in [-0.25, -0.2) is 4.79 Å². The van der Waals surface area contributed by atoms with Crippen LogP contribution in [0.25, 0.3) is 0 Å². The molecule has 2 fully saturated rings. The molecule has 6 nitrogen and oxygen atoms in total. The van der Waals surface area contributed by atoms with Gasteiger partial charge < -0.3 is 15.0 Å². The minimum atomic E-state index is -0.0713. The summed E-state index contributed by atoms with van der Waals surface area (Å²) in [6, 6.07) is 4.32. The van der Waals surface area contributed by atoms with Crippen molar-refractivity contribution in [1.82, 2.24) is 20.1 Å². The number of piperidine rings is 1. The zero-order valence-electron chi connectivity index (χ0n) is 15.6. The van der Waals surface area contributed by atoms with E-state index in [0.717, 1.165) is 51.9 Å². The van der Waals surface area contributed by atoms with Crippen LogP contribution in [0.4, 0.5) is 4.79 Å². The van der Waals surface area contributed by atoms with Crippen LogP contribution in [0.5, 0.6) is 0 Å². The summed E-state index contributed by atoms with van der Waals surface area (Å²) in [6.45, 7) is 5.80. The maximum atomic E-state index is 11.9. The van der Waals surface area contributed by atoms with E-state index < -0.39 is 0 Å². The van der Waals surface area contributed by atoms with Gasteiger partial charge in [-0.1, -0.05) is 6.07 Å². The van der Waals surface area contributed by atoms with Crippen LogP contribution in [-0.4, -0.2) is 66.2 Å². The highest BCUT2D eigenvalue weighted by Gasteiger charge is 2.40. The SMILES string of the molecule is Cc1cccnc1CN1CCC2(CC1)C[C@H](NC(=O)N(C)C)CCO2. The summed E-state index contributed by atoms with van der Waals surface area (Å²) >= 11 is 0. The summed E-state index contributed by atoms with van der Waals surface area (Å²) in [5.74, 6) is 0. The number of hydrogen-bond donors (Lipinski definition) is 1. The molecule has 1 aromatic rings. The Morgan fingerprint density at radius 1 is 1.44 bits per heavy atom. The van der Waals surface area contributed by atoms with Crippen molar-refractivity contribution in [2.24, 2.45) is 0 Å². The Morgan fingerprint density at radius 2 is 2.20 bits per heavy atom. The van der Waals surface area contributed by atoms with Crippen LogP contribution in [-0.2, 0) is 11.3 Å². The molecule has 0 aliphatic carbocycles. The second-order valence-corrected chi connectivity index (χ2v) is 7.61. The highest BCUT2D eigenvalue weighted by Crippen LogP contribution is 2.35. The molecule has 2 saturated heterocycles. The lowest BCUT2D eigenvalue weighted by Gasteiger charge is -2.46. The van der Waals surface area contributed by atoms with E-state index in [2.05, 4.69) is 28.2 Å². The van der Waals surface area contributed by atoms with Gasteiger partial charge in [-0.05, 0) is 44.2 Å². The molecule has 2 aliphatic heterocycles. The number of urea groups is 1. The van der Waals surface area contributed by atoms with Crippen LogP contribution < -0.4 is 5.32 Å². The van der Waals surface area contributed by atoms with Gasteiger partial charge in [-0.2, -0.15) is 0 Å². The lowest BCUT2D eigenvalue weighted by Crippen LogP contribution is -2.54. The first kappa shape index (κ1) is 18.1. The van der Waals surface area contributed by atoms with Crippen LogP contribution in [0.3, 0.4) is 0 Å². The topological polar surface area (TPSA) is 57.7 Å². The Bertz CT molecular complexity index is 597. The Labute approximate surface area is 150 Å². The van der Waals surface area contributed by atoms with Gasteiger partial charge in [-0.3, -0.25) is 9.88 Å². The summed E-state index contributed by atoms with van der Waals surface area (Å²) < 4.78 is 6.19. The minimum absolute atomic E-state index is 0.00915. The number of nitrogens with one attached hydrogen (secondary N) is 1. The van der Waals surface area contributed by atoms with E-state index in [1.54, 1.807) is 19.0 Å². The fourth-order valence-electron chi connectivity index (χ4n) is 3.82. The number of nitrogens with zero attached hydrogens (tertiary/aromatic N) is 3. The molecule has 2 aliphatic rings. The van der Waals surface area contributed by atoms with Crippen LogP contribution in [0.1, 0.15) is 36.9 Å². The third kappa shape index (κ3) is 4.50. The van der Waals surface area contributed by atoms with Crippen molar-refractivity contribution in [3.8, 4) is 0 Å². The Hall–Kier alpha value is -1.66. The lowest BCUT2D eigenvalue weighted by atomic mass is 9.82. The van der Waals surface area contributed by atoms with Crippen molar-refractivity contribution in [3.63, 3.8) is 0 Å². The maximum absolute atomic E-state index is 11.9. The molecule has 3 rings (SSSR count). The number of rotatable bonds is 3. The number of pyridine rings is 1. The second-order valence-electron chi connectivity index (χ2n) is 7.61. The summed E-state index contributed by atoms with van der Waals surface area (Å²) in [4.78, 5) is 20.5. The first-order valence-electron chi connectivity index (χ1n) is 9.22. The smallest absolute Gasteiger partial charge is 0.317 e. The molecule has 0 radical (unpaired) electrons. The molecule has 0 saturated carbocycles. The molecule has 6 heteroatoms. The number of carbonyl (C=O) groups is 1. The number of aromatic nitrogens is 1. The van der Waals surface area contributed by atoms with Crippen molar-refractivity contribution in [1.29, 1.82) is 0 Å². The van der Waals surface area contributed by atoms with Gasteiger partial charge in [0.2, 0.25) is 0 Å². The van der Waals surface area contributed by atoms with Gasteiger partial charge in [0, 0.05) is 52.6 Å². The number of hydrogen-bond acceptors (Lipinski definition) is 4. The van der Waals surface area contributed by atoms with Crippen molar-refractivity contribution in [2.75, 3.05) is 33.8 Å². The van der Waals surface area contributed by atoms with Gasteiger partial charge in [0.15, 0.2) is 0 Å². The van der Waals surface area contributed by atoms with Crippen LogP contribution in [0.2, 0.25) is 0 Å². The lowest BCUT2D eigenvalue weighted by molar-refractivity contribution is -0.119. The van der Waals surface area contributed by atoms with Gasteiger partial charge in [0.05, 0.1) is 11.3 Å². The predicted octanol–water partition coefficient (Wildman–Crippen LogP) is 2.17. The fourth-order valence-corrected chi connectivity index (χ4v) is 3.82. The average Bonchev–Trinajstić information content (AvgIpc) is 2.59. The molecule has 138 valence electrons. The number of carbonyl (C=O) groups excluding carboxylic acids is 1. The number of ether oxygens (including phenoxy) is 1. The van der Waals surface area contributed by atoms with Crippen LogP contribution in [0, 0.1) is 6.92 Å². The van der Waals surface area contributed by atoms with Gasteiger partial charge in [-0.15, -0.1) is 0 Å². The first-order chi connectivity index (χ1) is 12.0. The molecule has 1 N–H and O–H groups in total. The minimum Gasteiger partial charge on any atom is -0.375 e. The number of aryl methyl sites for hydroxylation is 1. The molecule has 0 aromatic carbocycles. The molecule has 25 heavy (non-hydrogen) atoms. The van der Waals surface area contributed by atoms with Crippen molar-refractivity contribution >= 4 is 6.03 Å². The van der Waals surface area contributed by atoms with E-state index in [1.807, 2.05) is 12.3 Å². The Kier molecular flexibility index (Phi) is 5.59. The first-order valence-corrected chi connectivity index (χ1v) is 9.22. The van der Waals surface area contributed by atoms with Gasteiger partial charge >= 0.3 is 6.03 Å². The normalized spacial score (nSPS) is 23.4. The van der Waals surface area contributed by atoms with E-state index in [0.29, 0.717) is 0 Å². The summed E-state index contributed by atoms with van der Waals surface area (Å²) in [6.07, 6.45) is 5.73. The molecule has 1 aromatic heterocycles. The fraction of sp³-hybridized carbons (Fsp3) is 0.684. The van der Waals surface area contributed by atoms with E-state index in [-0.39, 0.29) is 17.7 Å². The van der Waals surface area contributed by atoms with Crippen LogP contribution >= 0.6 is 0 Å². The number of likely N-dealkylation sites (tertiary alicyclic amines) is 1. The third-order valence-electron chi connectivity index (χ3n) is 5.49. The van der Waals surface area contributed by atoms with Crippen molar-refractivity contribution < 1.29 is 9.53 Å². The van der Waals surface area contributed by atoms with Crippen molar-refractivity contribution in [3.05, 3.63) is 29.6 Å². The molecular formula is C19H30N4O2. The highest BCUT2D eigenvalue weighted by molar-refractivity contribution is 5.73. The summed E-state index contributed by atoms with van der Waals surface area (Å²) in [7, 11) is 3.56. The quantitative estimate of drug-likeness (QED) is 0.911. The van der Waals surface area contributed by atoms with E-state index in [4.69, 9.17) is 4.74 Å². The molecule has 0 bridgehead atoms. The monoisotopic (exact) mass is 346 g/mol. The Morgan fingerprint density at radius 3 is 2.88 bits per heavy atom. The largest absolute Gasteiger partial charge is 0.375 e. The molecule has 1 atom stereocenters. The molecule has 0 unspecified atom stereocenters. The summed E-state index contributed by atoms with van der Waals surface area (Å²) in [5.41, 5.74) is 2.35. The standard InChI is InChI=1S/C19H30N4O2/c1-15-5-4-9-20-17(15)14-23-10-7-19(8-11-23)13-16(6-12-25-19)21-18(24)22(2)3/h4-5,9,16H,6-8,10-14H2,1-3H3,(H,21,24)/t16-/m1/s1. The van der Waals surface area contributed by atoms with E-state index >= 15 is 0 Å². The Balaban J connectivity index is 1.53. The molecule has 2 amide bonds. The predicted molar refractivity (Wildman–Crippen MR) is 97.4 cm³/mol. The highest BCUT2D eigenvalue weighted by atomic mass is 16.5. The third-order valence-corrected chi connectivity index (χ3v) is 5.49. The molecular weight excluding hydrogens is 316 g/mol. The second kappa shape index (κ2) is 7.70. The van der Waals surface area contributed by atoms with Gasteiger partial charge in [0.1, 0.15) is 0 Å². The number of amides is 2. The van der Waals surface area contributed by atoms with E-state index in [9.17, 15) is 4.79 Å². The van der Waals surface area contributed by atoms with Gasteiger partial charge in [0.25, 0.3) is 0 Å². The van der Waals surface area contributed by atoms with E-state index in [1.165, 1.54) is 11.3 Å². The summed E-state index contributed by atoms with van der Waals surface area (Å²) in [5, 5.41) is 3.13. The molecule has 3 heterocycles. The maximum Gasteiger partial charge on any atom is 0.317 e. The zero-order valence-corrected chi connectivity index (χ0v) is 15.6. The van der Waals surface area contributed by atoms with Crippen molar-refractivity contribution in [2.45, 2.75) is 50.8 Å². The average molecular weight is 346 g/mol. The molecule has 1 spiro atoms. The zero-order chi connectivity index (χ0) is 17.9. The van der Waals surface area contributed by atoms with Crippen LogP contribution in [0.15, 0.2) is 18.3 Å².